The third-order valence-electron chi connectivity index (χ3n) is 2.30. The average molecular weight is 272 g/mol. The number of fused-ring (bicyclic) bond motifs is 1. The van der Waals surface area contributed by atoms with Gasteiger partial charge in [-0.1, -0.05) is 11.8 Å². The molecular weight excluding hydrogens is 256 g/mol. The molecule has 0 unspecified atom stereocenters. The molecule has 0 aromatic carbocycles. The molecule has 0 radical (unpaired) electrons. The molecule has 0 bridgehead atoms. The first-order valence-corrected chi connectivity index (χ1v) is 6.19. The van der Waals surface area contributed by atoms with Crippen LogP contribution < -0.4 is 5.32 Å². The summed E-state index contributed by atoms with van der Waals surface area (Å²) >= 11 is 0. The van der Waals surface area contributed by atoms with E-state index < -0.39 is 11.7 Å². The molecular formula is C14H16N4O2. The van der Waals surface area contributed by atoms with Gasteiger partial charge in [-0.05, 0) is 20.8 Å². The Balaban J connectivity index is 1.95. The highest BCUT2D eigenvalue weighted by molar-refractivity contribution is 5.83. The van der Waals surface area contributed by atoms with Crippen LogP contribution in [0.4, 0.5) is 4.79 Å². The van der Waals surface area contributed by atoms with Gasteiger partial charge in [-0.2, -0.15) is 5.10 Å². The van der Waals surface area contributed by atoms with Gasteiger partial charge >= 0.3 is 6.09 Å². The molecule has 6 nitrogen and oxygen atoms in total. The number of nitrogens with zero attached hydrogens (tertiary/aromatic N) is 2. The van der Waals surface area contributed by atoms with Crippen molar-refractivity contribution < 1.29 is 9.53 Å². The summed E-state index contributed by atoms with van der Waals surface area (Å²) < 4.78 is 5.10. The summed E-state index contributed by atoms with van der Waals surface area (Å²) in [6.07, 6.45) is 4.61. The van der Waals surface area contributed by atoms with E-state index in [1.54, 1.807) is 18.6 Å². The molecule has 0 aliphatic heterocycles. The lowest BCUT2D eigenvalue weighted by atomic mass is 10.2. The topological polar surface area (TPSA) is 79.9 Å². The first kappa shape index (κ1) is 13.9. The van der Waals surface area contributed by atoms with Gasteiger partial charge in [-0.25, -0.2) is 4.79 Å². The Morgan fingerprint density at radius 3 is 3.00 bits per heavy atom. The molecule has 2 N–H and O–H groups in total. The number of amides is 1. The van der Waals surface area contributed by atoms with Crippen molar-refractivity contribution in [3.05, 3.63) is 24.2 Å². The Morgan fingerprint density at radius 2 is 2.25 bits per heavy atom. The standard InChI is InChI=1S/C14H16N4O2/c1-14(2,3)20-13(19)16-6-4-5-10-7-15-9-12-11(10)8-17-18-12/h7-9H,6H2,1-3H3,(H,16,19)(H,17,18). The molecule has 0 atom stereocenters. The maximum absolute atomic E-state index is 11.4. The van der Waals surface area contributed by atoms with Crippen LogP contribution in [0.15, 0.2) is 18.6 Å². The Kier molecular flexibility index (Phi) is 3.89. The number of ether oxygens (including phenoxy) is 1. The number of pyridine rings is 1. The Bertz CT molecular complexity index is 674. The predicted octanol–water partition coefficient (Wildman–Crippen LogP) is 1.83. The number of carbonyl (C=O) groups excluding carboxylic acids is 1. The molecule has 0 saturated heterocycles. The van der Waals surface area contributed by atoms with E-state index in [1.165, 1.54) is 0 Å². The SMILES string of the molecule is CC(C)(C)OC(=O)NCC#Cc1cncc2n[nH]cc12. The molecule has 20 heavy (non-hydrogen) atoms. The van der Waals surface area contributed by atoms with Crippen LogP contribution in [-0.2, 0) is 4.74 Å². The highest BCUT2D eigenvalue weighted by Gasteiger charge is 2.14. The number of alkyl carbamates (subject to hydrolysis) is 1. The quantitative estimate of drug-likeness (QED) is 0.776. The highest BCUT2D eigenvalue weighted by Crippen LogP contribution is 2.12. The molecule has 104 valence electrons. The molecule has 2 heterocycles. The monoisotopic (exact) mass is 272 g/mol. The minimum Gasteiger partial charge on any atom is -0.444 e. The second kappa shape index (κ2) is 5.61. The smallest absolute Gasteiger partial charge is 0.408 e. The van der Waals surface area contributed by atoms with Gasteiger partial charge in [0.25, 0.3) is 0 Å². The third-order valence-corrected chi connectivity index (χ3v) is 2.30. The van der Waals surface area contributed by atoms with Crippen molar-refractivity contribution >= 4 is 17.0 Å². The lowest BCUT2D eigenvalue weighted by Crippen LogP contribution is -2.32. The normalized spacial score (nSPS) is 10.8. The maximum atomic E-state index is 11.4. The van der Waals surface area contributed by atoms with Crippen molar-refractivity contribution in [3.63, 3.8) is 0 Å². The number of aromatic nitrogens is 3. The number of aromatic amines is 1. The summed E-state index contributed by atoms with van der Waals surface area (Å²) in [5.41, 5.74) is 1.02. The van der Waals surface area contributed by atoms with Gasteiger partial charge in [-0.15, -0.1) is 0 Å². The zero-order valence-electron chi connectivity index (χ0n) is 11.7. The van der Waals surface area contributed by atoms with Crippen LogP contribution >= 0.6 is 0 Å². The Labute approximate surface area is 116 Å². The summed E-state index contributed by atoms with van der Waals surface area (Å²) in [5.74, 6) is 5.81. The van der Waals surface area contributed by atoms with Gasteiger partial charge in [0.15, 0.2) is 0 Å². The van der Waals surface area contributed by atoms with E-state index in [2.05, 4.69) is 32.3 Å². The van der Waals surface area contributed by atoms with Crippen molar-refractivity contribution in [1.82, 2.24) is 20.5 Å². The minimum atomic E-state index is -0.510. The first-order chi connectivity index (χ1) is 9.46. The second-order valence-electron chi connectivity index (χ2n) is 5.16. The Morgan fingerprint density at radius 1 is 1.45 bits per heavy atom. The molecule has 0 aliphatic carbocycles. The van der Waals surface area contributed by atoms with Crippen molar-refractivity contribution in [1.29, 1.82) is 0 Å². The van der Waals surface area contributed by atoms with Gasteiger partial charge < -0.3 is 10.1 Å². The van der Waals surface area contributed by atoms with Crippen molar-refractivity contribution in [2.75, 3.05) is 6.54 Å². The summed E-state index contributed by atoms with van der Waals surface area (Å²) in [7, 11) is 0. The van der Waals surface area contributed by atoms with Crippen LogP contribution in [0.3, 0.4) is 0 Å². The summed E-state index contributed by atoms with van der Waals surface area (Å²) in [4.78, 5) is 15.5. The van der Waals surface area contributed by atoms with E-state index in [0.29, 0.717) is 0 Å². The number of hydrogen-bond acceptors (Lipinski definition) is 4. The van der Waals surface area contributed by atoms with E-state index >= 15 is 0 Å². The van der Waals surface area contributed by atoms with Gasteiger partial charge in [0, 0.05) is 17.8 Å². The van der Waals surface area contributed by atoms with E-state index in [4.69, 9.17) is 4.74 Å². The van der Waals surface area contributed by atoms with E-state index in [0.717, 1.165) is 16.5 Å². The third kappa shape index (κ3) is 3.72. The fraction of sp³-hybridized carbons (Fsp3) is 0.357. The molecule has 0 fully saturated rings. The molecule has 1 amide bonds. The van der Waals surface area contributed by atoms with Crippen molar-refractivity contribution in [3.8, 4) is 11.8 Å². The summed E-state index contributed by atoms with van der Waals surface area (Å²) in [6, 6.07) is 0. The maximum Gasteiger partial charge on any atom is 0.408 e. The average Bonchev–Trinajstić information content (AvgIpc) is 2.81. The van der Waals surface area contributed by atoms with Gasteiger partial charge in [0.1, 0.15) is 11.1 Å². The molecule has 6 heteroatoms. The molecule has 0 aliphatic rings. The lowest BCUT2D eigenvalue weighted by molar-refractivity contribution is 0.0535. The van der Waals surface area contributed by atoms with Crippen LogP contribution in [0.2, 0.25) is 0 Å². The summed E-state index contributed by atoms with van der Waals surface area (Å²) in [5, 5.41) is 10.3. The molecule has 2 rings (SSSR count). The lowest BCUT2D eigenvalue weighted by Gasteiger charge is -2.18. The van der Waals surface area contributed by atoms with Crippen LogP contribution in [0, 0.1) is 11.8 Å². The van der Waals surface area contributed by atoms with Crippen LogP contribution in [0.25, 0.3) is 10.9 Å². The number of H-pyrrole nitrogens is 1. The second-order valence-corrected chi connectivity index (χ2v) is 5.16. The number of carbonyl (C=O) groups is 1. The fourth-order valence-corrected chi connectivity index (χ4v) is 1.54. The largest absolute Gasteiger partial charge is 0.444 e. The fourth-order valence-electron chi connectivity index (χ4n) is 1.54. The highest BCUT2D eigenvalue weighted by atomic mass is 16.6. The van der Waals surface area contributed by atoms with Crippen molar-refractivity contribution in [2.45, 2.75) is 26.4 Å². The van der Waals surface area contributed by atoms with E-state index in [1.807, 2.05) is 20.8 Å². The number of hydrogen-bond donors (Lipinski definition) is 2. The molecule has 0 spiro atoms. The number of nitrogens with one attached hydrogen (secondary N) is 2. The van der Waals surface area contributed by atoms with E-state index in [-0.39, 0.29) is 6.54 Å². The zero-order chi connectivity index (χ0) is 14.6. The number of rotatable bonds is 1. The van der Waals surface area contributed by atoms with Gasteiger partial charge in [-0.3, -0.25) is 10.1 Å². The zero-order valence-corrected chi connectivity index (χ0v) is 11.7. The van der Waals surface area contributed by atoms with Crippen LogP contribution in [-0.4, -0.2) is 33.4 Å². The molecule has 2 aromatic rings. The van der Waals surface area contributed by atoms with Crippen LogP contribution in [0.5, 0.6) is 0 Å². The van der Waals surface area contributed by atoms with Crippen LogP contribution in [0.1, 0.15) is 26.3 Å². The summed E-state index contributed by atoms with van der Waals surface area (Å²) in [6.45, 7) is 5.64. The molecule has 0 saturated carbocycles. The molecule has 2 aromatic heterocycles. The Hall–Kier alpha value is -2.55. The van der Waals surface area contributed by atoms with Gasteiger partial charge in [0.2, 0.25) is 0 Å². The first-order valence-electron chi connectivity index (χ1n) is 6.19. The minimum absolute atomic E-state index is 0.211. The predicted molar refractivity (Wildman–Crippen MR) is 75.0 cm³/mol. The van der Waals surface area contributed by atoms with Crippen molar-refractivity contribution in [2.24, 2.45) is 0 Å². The van der Waals surface area contributed by atoms with E-state index in [9.17, 15) is 4.79 Å². The van der Waals surface area contributed by atoms with Gasteiger partial charge in [0.05, 0.1) is 18.3 Å².